The summed E-state index contributed by atoms with van der Waals surface area (Å²) in [5.74, 6) is 0.0321. The van der Waals surface area contributed by atoms with Crippen molar-refractivity contribution in [1.29, 1.82) is 0 Å². The van der Waals surface area contributed by atoms with Gasteiger partial charge in [0.15, 0.2) is 0 Å². The van der Waals surface area contributed by atoms with Crippen molar-refractivity contribution in [2.45, 2.75) is 144 Å². The molecule has 3 N–H and O–H groups in total. The second-order valence-corrected chi connectivity index (χ2v) is 24.2. The van der Waals surface area contributed by atoms with E-state index >= 15 is 0 Å². The molecule has 0 saturated carbocycles. The minimum atomic E-state index is -0.355. The molecule has 5 aromatic carbocycles. The predicted octanol–water partition coefficient (Wildman–Crippen LogP) is 13.6. The third kappa shape index (κ3) is 9.17. The van der Waals surface area contributed by atoms with Crippen LogP contribution in [-0.4, -0.2) is 45.2 Å². The van der Waals surface area contributed by atoms with Crippen LogP contribution in [0.1, 0.15) is 126 Å². The fourth-order valence-corrected chi connectivity index (χ4v) is 11.4. The number of phenols is 3. The number of rotatable bonds is 4. The average Bonchev–Trinajstić information content (AvgIpc) is 3.39. The van der Waals surface area contributed by atoms with Gasteiger partial charge in [0.2, 0.25) is 0 Å². The van der Waals surface area contributed by atoms with Gasteiger partial charge in [0.05, 0.1) is 56.8 Å². The van der Waals surface area contributed by atoms with Crippen LogP contribution >= 0.6 is 47.0 Å². The first-order chi connectivity index (χ1) is 28.3. The molecule has 2 aliphatic rings. The maximum atomic E-state index is 13.4. The van der Waals surface area contributed by atoms with E-state index in [1.54, 1.807) is 24.3 Å². The fourth-order valence-electron chi connectivity index (χ4n) is 6.97. The van der Waals surface area contributed by atoms with Crippen LogP contribution in [0.2, 0.25) is 0 Å². The first kappa shape index (κ1) is 44.9. The fraction of sp³-hybridized carbons (Fsp3) is 0.360. The van der Waals surface area contributed by atoms with Crippen LogP contribution in [0, 0.1) is 0 Å². The van der Waals surface area contributed by atoms with Gasteiger partial charge < -0.3 is 20.1 Å². The molecule has 8 bridgehead atoms. The lowest BCUT2D eigenvalue weighted by molar-refractivity contribution is 0.0629. The molecule has 2 aliphatic heterocycles. The minimum Gasteiger partial charge on any atom is -0.506 e. The summed E-state index contributed by atoms with van der Waals surface area (Å²) < 4.78 is 6.76. The minimum absolute atomic E-state index is 0.00964. The topological polar surface area (TPSA) is 107 Å². The summed E-state index contributed by atoms with van der Waals surface area (Å²) in [6.45, 7) is 25.7. The molecule has 0 spiro atoms. The Kier molecular flexibility index (Phi) is 11.9. The normalized spacial score (nSPS) is 14.7. The third-order valence-corrected chi connectivity index (χ3v) is 15.2. The lowest BCUT2D eigenvalue weighted by atomic mass is 9.87. The second kappa shape index (κ2) is 16.2. The molecule has 11 heteroatoms. The summed E-state index contributed by atoms with van der Waals surface area (Å²) >= 11 is 5.40. The van der Waals surface area contributed by atoms with Gasteiger partial charge in [-0.05, 0) is 105 Å². The summed E-state index contributed by atoms with van der Waals surface area (Å²) in [6, 6.07) is 23.0. The number of hydrogen-bond donors (Lipinski definition) is 3. The number of fused-ring (bicyclic) bond motifs is 9. The first-order valence-corrected chi connectivity index (χ1v) is 23.7. The van der Waals surface area contributed by atoms with Gasteiger partial charge in [-0.25, -0.2) is 0 Å². The number of aromatic hydroxyl groups is 3. The maximum absolute atomic E-state index is 13.4. The molecule has 0 aliphatic carbocycles. The molecule has 0 aromatic heterocycles. The van der Waals surface area contributed by atoms with Gasteiger partial charge in [0, 0.05) is 0 Å². The van der Waals surface area contributed by atoms with Crippen LogP contribution in [-0.2, 0) is 21.7 Å². The van der Waals surface area contributed by atoms with Crippen LogP contribution in [0.5, 0.6) is 23.0 Å². The number of phenolic OH excluding ortho intramolecular Hbond substituents is 3. The quantitative estimate of drug-likeness (QED) is 0.148. The largest absolute Gasteiger partial charge is 0.506 e. The van der Waals surface area contributed by atoms with E-state index in [4.69, 9.17) is 4.74 Å². The van der Waals surface area contributed by atoms with Crippen molar-refractivity contribution in [2.75, 3.05) is 13.2 Å². The number of amides is 2. The Bertz CT molecular complexity index is 2440. The van der Waals surface area contributed by atoms with Crippen LogP contribution in [0.3, 0.4) is 0 Å². The predicted molar refractivity (Wildman–Crippen MR) is 249 cm³/mol. The summed E-state index contributed by atoms with van der Waals surface area (Å²) in [6.07, 6.45) is 0. The monoisotopic (exact) mass is 893 g/mol. The third-order valence-electron chi connectivity index (χ3n) is 10.9. The molecule has 5 aromatic rings. The average molecular weight is 894 g/mol. The lowest BCUT2D eigenvalue weighted by Gasteiger charge is -2.27. The van der Waals surface area contributed by atoms with Crippen molar-refractivity contribution in [3.63, 3.8) is 0 Å². The van der Waals surface area contributed by atoms with E-state index in [0.717, 1.165) is 32.0 Å². The molecular weight excluding hydrogens is 839 g/mol. The van der Waals surface area contributed by atoms with Gasteiger partial charge in [0.1, 0.15) is 29.6 Å². The van der Waals surface area contributed by atoms with E-state index in [2.05, 4.69) is 95.2 Å². The molecule has 61 heavy (non-hydrogen) atoms. The molecule has 0 unspecified atom stereocenters. The highest BCUT2D eigenvalue weighted by atomic mass is 32.2. The molecule has 0 fully saturated rings. The molecule has 7 rings (SSSR count). The highest BCUT2D eigenvalue weighted by Gasteiger charge is 2.35. The number of imide groups is 1. The Balaban J connectivity index is 1.47. The van der Waals surface area contributed by atoms with Crippen LogP contribution in [0.15, 0.2) is 112 Å². The van der Waals surface area contributed by atoms with Crippen LogP contribution < -0.4 is 4.74 Å². The van der Waals surface area contributed by atoms with E-state index in [1.165, 1.54) is 51.9 Å². The van der Waals surface area contributed by atoms with Crippen molar-refractivity contribution < 1.29 is 29.6 Å². The first-order valence-electron chi connectivity index (χ1n) is 20.4. The lowest BCUT2D eigenvalue weighted by Crippen LogP contribution is -2.33. The number of ether oxygens (including phenoxy) is 1. The highest BCUT2D eigenvalue weighted by molar-refractivity contribution is 8.01. The Morgan fingerprint density at radius 1 is 0.459 bits per heavy atom. The Morgan fingerprint density at radius 2 is 0.721 bits per heavy atom. The van der Waals surface area contributed by atoms with E-state index in [1.807, 2.05) is 36.4 Å². The van der Waals surface area contributed by atoms with E-state index < -0.39 is 0 Å². The van der Waals surface area contributed by atoms with E-state index in [0.29, 0.717) is 46.2 Å². The van der Waals surface area contributed by atoms with Gasteiger partial charge >= 0.3 is 0 Å². The zero-order valence-electron chi connectivity index (χ0n) is 37.0. The van der Waals surface area contributed by atoms with Gasteiger partial charge in [-0.2, -0.15) is 0 Å². The number of nitrogens with zero attached hydrogens (tertiary/aromatic N) is 1. The van der Waals surface area contributed by atoms with Gasteiger partial charge in [-0.3, -0.25) is 14.5 Å². The summed E-state index contributed by atoms with van der Waals surface area (Å²) in [4.78, 5) is 33.0. The summed E-state index contributed by atoms with van der Waals surface area (Å²) in [7, 11) is 0. The Morgan fingerprint density at radius 3 is 1.00 bits per heavy atom. The number of carbonyl (C=O) groups excluding carboxylic acids is 2. The molecule has 7 nitrogen and oxygen atoms in total. The Hall–Kier alpha value is -4.16. The highest BCUT2D eigenvalue weighted by Crippen LogP contribution is 2.55. The van der Waals surface area contributed by atoms with Gasteiger partial charge in [-0.15, -0.1) is 0 Å². The zero-order valence-corrected chi connectivity index (χ0v) is 40.3. The van der Waals surface area contributed by atoms with Crippen LogP contribution in [0.25, 0.3) is 0 Å². The van der Waals surface area contributed by atoms with Gasteiger partial charge in [0.25, 0.3) is 11.8 Å². The Labute approximate surface area is 377 Å². The molecule has 0 radical (unpaired) electrons. The molecule has 2 amide bonds. The second-order valence-electron chi connectivity index (χ2n) is 19.8. The van der Waals surface area contributed by atoms with Crippen molar-refractivity contribution in [3.8, 4) is 23.0 Å². The molecule has 2 heterocycles. The van der Waals surface area contributed by atoms with Crippen LogP contribution in [0.4, 0.5) is 0 Å². The van der Waals surface area contributed by atoms with Crippen molar-refractivity contribution >= 4 is 58.9 Å². The van der Waals surface area contributed by atoms with E-state index in [-0.39, 0.29) is 63.9 Å². The van der Waals surface area contributed by atoms with Gasteiger partial charge in [-0.1, -0.05) is 142 Å². The summed E-state index contributed by atoms with van der Waals surface area (Å²) in [5, 5.41) is 36.6. The molecule has 320 valence electrons. The molecular formula is C50H55NO6S4. The zero-order chi connectivity index (χ0) is 44.6. The number of carbonyl (C=O) groups is 2. The molecule has 0 saturated heterocycles. The standard InChI is InChI=1S/C50H55NO6S4/c1-47(2,3)27-19-33-41(52)34(20-27)59-36-22-29(49(7,8)9)24-38(43(36)54)61-40-26-30(50(10,11)12)25-39(60-37-23-28(48(4,5)6)21-35(58-33)42(37)53)44(40)57-18-17-51-45(55)31-15-13-14-16-32(31)46(51)56/h13-16,19-26,52-54H,17-18H2,1-12H3. The molecule has 0 atom stereocenters. The van der Waals surface area contributed by atoms with Crippen molar-refractivity contribution in [3.05, 3.63) is 106 Å². The van der Waals surface area contributed by atoms with Crippen molar-refractivity contribution in [2.24, 2.45) is 0 Å². The van der Waals surface area contributed by atoms with E-state index in [9.17, 15) is 24.9 Å². The number of benzene rings is 5. The SMILES string of the molecule is CC(C)(C)c1cc2c(O)c(c1)Sc1cc(C(C)(C)C)cc(c1O)Sc1cc(C(C)(C)C)cc(c1OCCN1C(=O)c3ccccc3C1=O)Sc1cc(C(C)(C)C)cc(c1O)S2. The van der Waals surface area contributed by atoms with Crippen molar-refractivity contribution in [1.82, 2.24) is 4.90 Å². The summed E-state index contributed by atoms with van der Waals surface area (Å²) in [5.41, 5.74) is 3.63. The smallest absolute Gasteiger partial charge is 0.261 e. The maximum Gasteiger partial charge on any atom is 0.261 e. The number of hydrogen-bond acceptors (Lipinski definition) is 10.